The van der Waals surface area contributed by atoms with E-state index in [4.69, 9.17) is 0 Å². The summed E-state index contributed by atoms with van der Waals surface area (Å²) < 4.78 is 64.4. The fraction of sp³-hybridized carbons (Fsp3) is 0.200. The van der Waals surface area contributed by atoms with Gasteiger partial charge in [0.2, 0.25) is 0 Å². The molecule has 0 saturated heterocycles. The van der Waals surface area contributed by atoms with Crippen molar-refractivity contribution < 1.29 is 22.0 Å². The lowest BCUT2D eigenvalue weighted by Crippen LogP contribution is -2.15. The van der Waals surface area contributed by atoms with Gasteiger partial charge in [0.1, 0.15) is 11.6 Å². The van der Waals surface area contributed by atoms with Gasteiger partial charge in [0.25, 0.3) is 0 Å². The Bertz CT molecular complexity index is 601. The zero-order chi connectivity index (χ0) is 15.5. The van der Waals surface area contributed by atoms with Crippen LogP contribution in [-0.2, 0) is 19.3 Å². The third-order valence-corrected chi connectivity index (χ3v) is 2.95. The Morgan fingerprint density at radius 1 is 0.857 bits per heavy atom. The van der Waals surface area contributed by atoms with Crippen LogP contribution in [0.4, 0.5) is 22.0 Å². The van der Waals surface area contributed by atoms with Crippen molar-refractivity contribution >= 4 is 0 Å². The molecule has 0 saturated carbocycles. The van der Waals surface area contributed by atoms with Crippen LogP contribution in [0.2, 0.25) is 0 Å². The first-order chi connectivity index (χ1) is 9.88. The minimum Gasteiger partial charge on any atom is -0.308 e. The molecule has 0 spiro atoms. The Hall–Kier alpha value is -1.95. The van der Waals surface area contributed by atoms with Crippen LogP contribution in [0.1, 0.15) is 16.7 Å². The van der Waals surface area contributed by atoms with Gasteiger partial charge in [-0.05, 0) is 23.8 Å². The zero-order valence-corrected chi connectivity index (χ0v) is 10.8. The highest BCUT2D eigenvalue weighted by Gasteiger charge is 2.30. The molecule has 0 aromatic heterocycles. The van der Waals surface area contributed by atoms with Crippen LogP contribution >= 0.6 is 0 Å². The first-order valence-electron chi connectivity index (χ1n) is 6.17. The van der Waals surface area contributed by atoms with E-state index in [0.29, 0.717) is 5.56 Å². The van der Waals surface area contributed by atoms with E-state index >= 15 is 0 Å². The molecule has 2 aromatic carbocycles. The predicted molar refractivity (Wildman–Crippen MR) is 68.3 cm³/mol. The average molecular weight is 301 g/mol. The Balaban J connectivity index is 2.01. The molecule has 2 rings (SSSR count). The molecule has 2 aromatic rings. The van der Waals surface area contributed by atoms with E-state index in [1.807, 2.05) is 0 Å². The van der Waals surface area contributed by atoms with Crippen LogP contribution in [0, 0.1) is 11.6 Å². The Labute approximate surface area is 118 Å². The topological polar surface area (TPSA) is 12.0 Å². The second-order valence-corrected chi connectivity index (χ2v) is 4.50. The van der Waals surface area contributed by atoms with Crippen molar-refractivity contribution in [3.05, 3.63) is 70.8 Å². The molecular formula is C15H12F5N. The zero-order valence-electron chi connectivity index (χ0n) is 10.8. The van der Waals surface area contributed by atoms with E-state index in [-0.39, 0.29) is 18.7 Å². The molecule has 0 atom stereocenters. The van der Waals surface area contributed by atoms with Crippen molar-refractivity contribution in [2.45, 2.75) is 19.3 Å². The lowest BCUT2D eigenvalue weighted by Gasteiger charge is -2.10. The summed E-state index contributed by atoms with van der Waals surface area (Å²) in [5.74, 6) is -1.38. The van der Waals surface area contributed by atoms with Crippen LogP contribution in [0.3, 0.4) is 0 Å². The summed E-state index contributed by atoms with van der Waals surface area (Å²) in [6.07, 6.45) is -4.41. The van der Waals surface area contributed by atoms with Gasteiger partial charge in [0.15, 0.2) is 0 Å². The molecule has 6 heteroatoms. The lowest BCUT2D eigenvalue weighted by atomic mass is 10.1. The Morgan fingerprint density at radius 3 is 2.10 bits per heavy atom. The van der Waals surface area contributed by atoms with Gasteiger partial charge in [-0.1, -0.05) is 24.3 Å². The fourth-order valence-corrected chi connectivity index (χ4v) is 1.89. The van der Waals surface area contributed by atoms with Crippen LogP contribution < -0.4 is 5.32 Å². The van der Waals surface area contributed by atoms with Crippen molar-refractivity contribution in [3.63, 3.8) is 0 Å². The number of benzene rings is 2. The van der Waals surface area contributed by atoms with Crippen LogP contribution in [0.25, 0.3) is 0 Å². The molecule has 0 amide bonds. The highest BCUT2D eigenvalue weighted by Crippen LogP contribution is 2.29. The smallest absolute Gasteiger partial charge is 0.308 e. The van der Waals surface area contributed by atoms with Crippen molar-refractivity contribution in [3.8, 4) is 0 Å². The molecule has 21 heavy (non-hydrogen) atoms. The molecule has 0 heterocycles. The van der Waals surface area contributed by atoms with Crippen LogP contribution in [0.5, 0.6) is 0 Å². The fourth-order valence-electron chi connectivity index (χ4n) is 1.89. The third-order valence-electron chi connectivity index (χ3n) is 2.95. The second-order valence-electron chi connectivity index (χ2n) is 4.50. The van der Waals surface area contributed by atoms with Crippen molar-refractivity contribution in [2.24, 2.45) is 0 Å². The van der Waals surface area contributed by atoms with Gasteiger partial charge in [-0.25, -0.2) is 8.78 Å². The van der Waals surface area contributed by atoms with Crippen molar-refractivity contribution in [1.82, 2.24) is 5.32 Å². The maximum atomic E-state index is 13.4. The number of hydrogen-bond donors (Lipinski definition) is 1. The maximum Gasteiger partial charge on any atom is 0.416 e. The Morgan fingerprint density at radius 2 is 1.48 bits per heavy atom. The number of rotatable bonds is 4. The molecular weight excluding hydrogens is 289 g/mol. The van der Waals surface area contributed by atoms with Gasteiger partial charge >= 0.3 is 6.18 Å². The molecule has 0 radical (unpaired) electrons. The summed E-state index contributed by atoms with van der Waals surface area (Å²) in [7, 11) is 0. The maximum absolute atomic E-state index is 13.4. The minimum atomic E-state index is -4.41. The van der Waals surface area contributed by atoms with Gasteiger partial charge in [0.05, 0.1) is 5.56 Å². The highest BCUT2D eigenvalue weighted by molar-refractivity contribution is 5.26. The monoisotopic (exact) mass is 301 g/mol. The third kappa shape index (κ3) is 4.01. The van der Waals surface area contributed by atoms with Crippen LogP contribution in [-0.4, -0.2) is 0 Å². The van der Waals surface area contributed by atoms with E-state index in [2.05, 4.69) is 5.32 Å². The largest absolute Gasteiger partial charge is 0.416 e. The summed E-state index contributed by atoms with van der Waals surface area (Å²) in [6, 6.07) is 8.30. The van der Waals surface area contributed by atoms with Gasteiger partial charge in [-0.15, -0.1) is 0 Å². The average Bonchev–Trinajstić information content (AvgIpc) is 2.41. The van der Waals surface area contributed by atoms with E-state index in [1.165, 1.54) is 18.2 Å². The van der Waals surface area contributed by atoms with Gasteiger partial charge in [-0.3, -0.25) is 0 Å². The first kappa shape index (κ1) is 15.4. The van der Waals surface area contributed by atoms with Crippen LogP contribution in [0.15, 0.2) is 42.5 Å². The molecule has 0 fully saturated rings. The number of nitrogens with one attached hydrogen (secondary N) is 1. The normalized spacial score (nSPS) is 11.7. The molecule has 1 N–H and O–H groups in total. The SMILES string of the molecule is Fc1cccc(F)c1CNCc1cccc(C(F)(F)F)c1. The number of hydrogen-bond acceptors (Lipinski definition) is 1. The minimum absolute atomic E-state index is 0.0810. The standard InChI is InChI=1S/C15H12F5N/c16-13-5-2-6-14(17)12(13)9-21-8-10-3-1-4-11(7-10)15(18,19)20/h1-7,21H,8-9H2. The molecule has 1 nitrogen and oxygen atoms in total. The highest BCUT2D eigenvalue weighted by atomic mass is 19.4. The second kappa shape index (κ2) is 6.22. The van der Waals surface area contributed by atoms with E-state index in [0.717, 1.165) is 24.3 Å². The molecule has 0 aliphatic heterocycles. The lowest BCUT2D eigenvalue weighted by molar-refractivity contribution is -0.137. The summed E-state index contributed by atoms with van der Waals surface area (Å²) in [6.45, 7) is -0.0214. The summed E-state index contributed by atoms with van der Waals surface area (Å²) >= 11 is 0. The summed E-state index contributed by atoms with van der Waals surface area (Å²) in [5.41, 5.74) is -0.495. The van der Waals surface area contributed by atoms with Crippen molar-refractivity contribution in [1.29, 1.82) is 0 Å². The molecule has 0 aliphatic rings. The first-order valence-corrected chi connectivity index (χ1v) is 6.17. The van der Waals surface area contributed by atoms with Gasteiger partial charge in [0, 0.05) is 18.7 Å². The quantitative estimate of drug-likeness (QED) is 0.831. The van der Waals surface area contributed by atoms with Gasteiger partial charge < -0.3 is 5.32 Å². The van der Waals surface area contributed by atoms with Crippen molar-refractivity contribution in [2.75, 3.05) is 0 Å². The van der Waals surface area contributed by atoms with Gasteiger partial charge in [-0.2, -0.15) is 13.2 Å². The van der Waals surface area contributed by atoms with E-state index in [1.54, 1.807) is 0 Å². The summed E-state index contributed by atoms with van der Waals surface area (Å²) in [4.78, 5) is 0. The van der Waals surface area contributed by atoms with E-state index < -0.39 is 23.4 Å². The number of halogens is 5. The molecule has 0 unspecified atom stereocenters. The Kier molecular flexibility index (Phi) is 4.57. The van der Waals surface area contributed by atoms with E-state index in [9.17, 15) is 22.0 Å². The molecule has 0 bridgehead atoms. The predicted octanol–water partition coefficient (Wildman–Crippen LogP) is 4.27. The number of alkyl halides is 3. The molecule has 112 valence electrons. The molecule has 0 aliphatic carbocycles. The summed E-state index contributed by atoms with van der Waals surface area (Å²) in [5, 5.41) is 2.73.